The van der Waals surface area contributed by atoms with E-state index < -0.39 is 0 Å². The maximum absolute atomic E-state index is 14.5. The molecule has 2 heteroatoms. The second-order valence-corrected chi connectivity index (χ2v) is 5.31. The first-order valence-corrected chi connectivity index (χ1v) is 7.24. The molecule has 4 rings (SSSR count). The predicted octanol–water partition coefficient (Wildman–Crippen LogP) is 5.64. The maximum atomic E-state index is 14.5. The summed E-state index contributed by atoms with van der Waals surface area (Å²) in [4.78, 5) is 3.19. The van der Waals surface area contributed by atoms with Crippen LogP contribution in [0.2, 0.25) is 0 Å². The van der Waals surface area contributed by atoms with Crippen molar-refractivity contribution in [2.75, 3.05) is 0 Å². The van der Waals surface area contributed by atoms with Crippen LogP contribution in [0.4, 0.5) is 4.39 Å². The molecule has 1 nitrogen and oxygen atoms in total. The third kappa shape index (κ3) is 2.09. The minimum absolute atomic E-state index is 0.198. The lowest BCUT2D eigenvalue weighted by molar-refractivity contribution is 0.632. The number of benzene rings is 3. The Morgan fingerprint density at radius 3 is 2.36 bits per heavy atom. The SMILES string of the molecule is Fc1cc(-c2cccc3[nH]ccc23)ccc1-c1ccccc1. The number of fused-ring (bicyclic) bond motifs is 1. The number of nitrogens with one attached hydrogen (secondary N) is 1. The predicted molar refractivity (Wildman–Crippen MR) is 89.1 cm³/mol. The average molecular weight is 287 g/mol. The normalized spacial score (nSPS) is 11.0. The van der Waals surface area contributed by atoms with E-state index in [2.05, 4.69) is 4.98 Å². The van der Waals surface area contributed by atoms with Gasteiger partial charge in [-0.1, -0.05) is 54.6 Å². The van der Waals surface area contributed by atoms with Crippen molar-refractivity contribution in [1.29, 1.82) is 0 Å². The molecule has 0 aliphatic heterocycles. The summed E-state index contributed by atoms with van der Waals surface area (Å²) in [6.07, 6.45) is 1.91. The zero-order chi connectivity index (χ0) is 14.9. The lowest BCUT2D eigenvalue weighted by Gasteiger charge is -2.08. The molecule has 0 bridgehead atoms. The first-order chi connectivity index (χ1) is 10.8. The molecule has 1 aromatic heterocycles. The molecule has 3 aromatic carbocycles. The van der Waals surface area contributed by atoms with Gasteiger partial charge in [-0.25, -0.2) is 4.39 Å². The zero-order valence-corrected chi connectivity index (χ0v) is 11.9. The van der Waals surface area contributed by atoms with Crippen molar-refractivity contribution in [2.45, 2.75) is 0 Å². The van der Waals surface area contributed by atoms with E-state index in [0.29, 0.717) is 5.56 Å². The highest BCUT2D eigenvalue weighted by molar-refractivity contribution is 5.95. The summed E-state index contributed by atoms with van der Waals surface area (Å²) in [7, 11) is 0. The number of aromatic nitrogens is 1. The lowest BCUT2D eigenvalue weighted by atomic mass is 9.98. The molecule has 1 N–H and O–H groups in total. The van der Waals surface area contributed by atoms with Gasteiger partial charge in [0.1, 0.15) is 5.82 Å². The summed E-state index contributed by atoms with van der Waals surface area (Å²) in [6.45, 7) is 0. The Labute approximate surface area is 128 Å². The number of hydrogen-bond acceptors (Lipinski definition) is 0. The summed E-state index contributed by atoms with van der Waals surface area (Å²) in [6, 6.07) is 23.1. The third-order valence-corrected chi connectivity index (χ3v) is 3.96. The van der Waals surface area contributed by atoms with Crippen molar-refractivity contribution in [3.05, 3.63) is 84.8 Å². The number of aromatic amines is 1. The molecule has 0 saturated heterocycles. The third-order valence-electron chi connectivity index (χ3n) is 3.96. The fourth-order valence-corrected chi connectivity index (χ4v) is 2.87. The topological polar surface area (TPSA) is 15.8 Å². The second-order valence-electron chi connectivity index (χ2n) is 5.31. The highest BCUT2D eigenvalue weighted by Gasteiger charge is 2.09. The van der Waals surface area contributed by atoms with Crippen molar-refractivity contribution in [2.24, 2.45) is 0 Å². The van der Waals surface area contributed by atoms with Crippen molar-refractivity contribution in [3.8, 4) is 22.3 Å². The van der Waals surface area contributed by atoms with Gasteiger partial charge < -0.3 is 4.98 Å². The smallest absolute Gasteiger partial charge is 0.131 e. The van der Waals surface area contributed by atoms with E-state index in [4.69, 9.17) is 0 Å². The van der Waals surface area contributed by atoms with Crippen LogP contribution in [0.15, 0.2) is 79.0 Å². The van der Waals surface area contributed by atoms with Crippen LogP contribution in [0.25, 0.3) is 33.2 Å². The largest absolute Gasteiger partial charge is 0.361 e. The summed E-state index contributed by atoms with van der Waals surface area (Å²) in [5.41, 5.74) is 4.52. The Bertz CT molecular complexity index is 938. The van der Waals surface area contributed by atoms with Gasteiger partial charge in [-0.3, -0.25) is 0 Å². The average Bonchev–Trinajstić information content (AvgIpc) is 3.04. The molecule has 0 amide bonds. The molecule has 106 valence electrons. The molecule has 0 aliphatic rings. The van der Waals surface area contributed by atoms with E-state index in [0.717, 1.165) is 27.6 Å². The molecule has 0 fully saturated rings. The Balaban J connectivity index is 1.85. The first-order valence-electron chi connectivity index (χ1n) is 7.24. The Morgan fingerprint density at radius 1 is 0.682 bits per heavy atom. The van der Waals surface area contributed by atoms with Crippen LogP contribution in [0.5, 0.6) is 0 Å². The summed E-state index contributed by atoms with van der Waals surface area (Å²) >= 11 is 0. The number of rotatable bonds is 2. The molecule has 0 spiro atoms. The van der Waals surface area contributed by atoms with Gasteiger partial charge >= 0.3 is 0 Å². The van der Waals surface area contributed by atoms with E-state index in [9.17, 15) is 4.39 Å². The number of hydrogen-bond donors (Lipinski definition) is 1. The van der Waals surface area contributed by atoms with Gasteiger partial charge in [0, 0.05) is 22.7 Å². The summed E-state index contributed by atoms with van der Waals surface area (Å²) in [5.74, 6) is -0.198. The summed E-state index contributed by atoms with van der Waals surface area (Å²) < 4.78 is 14.5. The van der Waals surface area contributed by atoms with Crippen LogP contribution >= 0.6 is 0 Å². The monoisotopic (exact) mass is 287 g/mol. The highest BCUT2D eigenvalue weighted by atomic mass is 19.1. The van der Waals surface area contributed by atoms with Gasteiger partial charge in [-0.15, -0.1) is 0 Å². The quantitative estimate of drug-likeness (QED) is 0.491. The van der Waals surface area contributed by atoms with Crippen LogP contribution < -0.4 is 0 Å². The van der Waals surface area contributed by atoms with Crippen LogP contribution in [0.3, 0.4) is 0 Å². The zero-order valence-electron chi connectivity index (χ0n) is 11.9. The van der Waals surface area contributed by atoms with E-state index >= 15 is 0 Å². The fourth-order valence-electron chi connectivity index (χ4n) is 2.87. The number of H-pyrrole nitrogens is 1. The Hall–Kier alpha value is -2.87. The van der Waals surface area contributed by atoms with Gasteiger partial charge in [0.2, 0.25) is 0 Å². The van der Waals surface area contributed by atoms with Crippen molar-refractivity contribution in [3.63, 3.8) is 0 Å². The van der Waals surface area contributed by atoms with Crippen LogP contribution in [0, 0.1) is 5.82 Å². The molecule has 0 saturated carbocycles. The molecule has 0 atom stereocenters. The molecule has 22 heavy (non-hydrogen) atoms. The first kappa shape index (κ1) is 12.8. The second kappa shape index (κ2) is 5.15. The van der Waals surface area contributed by atoms with E-state index in [1.165, 1.54) is 0 Å². The molecule has 0 unspecified atom stereocenters. The van der Waals surface area contributed by atoms with Gasteiger partial charge in [0.15, 0.2) is 0 Å². The minimum Gasteiger partial charge on any atom is -0.361 e. The summed E-state index contributed by atoms with van der Waals surface area (Å²) in [5, 5.41) is 1.11. The van der Waals surface area contributed by atoms with Crippen molar-refractivity contribution >= 4 is 10.9 Å². The van der Waals surface area contributed by atoms with E-state index in [1.807, 2.05) is 72.9 Å². The lowest BCUT2D eigenvalue weighted by Crippen LogP contribution is -1.87. The maximum Gasteiger partial charge on any atom is 0.131 e. The van der Waals surface area contributed by atoms with E-state index in [1.54, 1.807) is 6.07 Å². The van der Waals surface area contributed by atoms with Gasteiger partial charge in [0.25, 0.3) is 0 Å². The number of halogens is 1. The molecule has 0 radical (unpaired) electrons. The van der Waals surface area contributed by atoms with E-state index in [-0.39, 0.29) is 5.82 Å². The molecular weight excluding hydrogens is 273 g/mol. The fraction of sp³-hybridized carbons (Fsp3) is 0. The van der Waals surface area contributed by atoms with Crippen LogP contribution in [-0.4, -0.2) is 4.98 Å². The van der Waals surface area contributed by atoms with Gasteiger partial charge in [-0.2, -0.15) is 0 Å². The van der Waals surface area contributed by atoms with Gasteiger partial charge in [-0.05, 0) is 34.9 Å². The van der Waals surface area contributed by atoms with Gasteiger partial charge in [0.05, 0.1) is 0 Å². The molecular formula is C20H14FN. The van der Waals surface area contributed by atoms with Crippen LogP contribution in [-0.2, 0) is 0 Å². The molecule has 1 heterocycles. The standard InChI is InChI=1S/C20H14FN/c21-19-13-15(9-10-17(19)14-5-2-1-3-6-14)16-7-4-8-20-18(16)11-12-22-20/h1-13,22H. The van der Waals surface area contributed by atoms with Crippen LogP contribution in [0.1, 0.15) is 0 Å². The minimum atomic E-state index is -0.198. The molecule has 0 aliphatic carbocycles. The molecule has 4 aromatic rings. The Morgan fingerprint density at radius 2 is 1.55 bits per heavy atom. The van der Waals surface area contributed by atoms with Crippen molar-refractivity contribution in [1.82, 2.24) is 4.98 Å². The van der Waals surface area contributed by atoms with Crippen molar-refractivity contribution < 1.29 is 4.39 Å². The Kier molecular flexibility index (Phi) is 3.01. The highest BCUT2D eigenvalue weighted by Crippen LogP contribution is 2.31.